The van der Waals surface area contributed by atoms with Gasteiger partial charge in [-0.2, -0.15) is 0 Å². The number of para-hydroxylation sites is 1. The van der Waals surface area contributed by atoms with Crippen LogP contribution in [-0.2, 0) is 6.54 Å². The molecule has 0 atom stereocenters. The molecule has 1 aromatic carbocycles. The molecule has 2 saturated carbocycles. The molecule has 86 valence electrons. The molecular formula is C14H20N2. The molecule has 2 aliphatic rings. The summed E-state index contributed by atoms with van der Waals surface area (Å²) in [5.74, 6) is 1.91. The van der Waals surface area contributed by atoms with Crippen LogP contribution in [0.5, 0.6) is 0 Å². The SMILES string of the molecule is Nc1ccccc1CNC(C1CC1)C1CC1. The van der Waals surface area contributed by atoms with Gasteiger partial charge in [-0.05, 0) is 49.1 Å². The number of benzene rings is 1. The molecule has 0 heterocycles. The van der Waals surface area contributed by atoms with Gasteiger partial charge < -0.3 is 11.1 Å². The second kappa shape index (κ2) is 4.10. The first-order valence-corrected chi connectivity index (χ1v) is 6.41. The molecule has 2 heteroatoms. The molecule has 2 fully saturated rings. The summed E-state index contributed by atoms with van der Waals surface area (Å²) in [5, 5.41) is 3.72. The van der Waals surface area contributed by atoms with Crippen LogP contribution in [0.3, 0.4) is 0 Å². The van der Waals surface area contributed by atoms with Gasteiger partial charge in [-0.25, -0.2) is 0 Å². The molecule has 2 nitrogen and oxygen atoms in total. The second-order valence-corrected chi connectivity index (χ2v) is 5.28. The molecule has 0 radical (unpaired) electrons. The lowest BCUT2D eigenvalue weighted by molar-refractivity contribution is 0.416. The largest absolute Gasteiger partial charge is 0.398 e. The maximum Gasteiger partial charge on any atom is 0.0359 e. The molecule has 3 N–H and O–H groups in total. The molecule has 3 rings (SSSR count). The summed E-state index contributed by atoms with van der Waals surface area (Å²) in [7, 11) is 0. The van der Waals surface area contributed by atoms with Crippen LogP contribution in [0.25, 0.3) is 0 Å². The van der Waals surface area contributed by atoms with Crippen molar-refractivity contribution in [2.24, 2.45) is 11.8 Å². The standard InChI is InChI=1S/C14H20N2/c15-13-4-2-1-3-12(13)9-16-14(10-5-6-10)11-7-8-11/h1-4,10-11,14,16H,5-9,15H2. The van der Waals surface area contributed by atoms with E-state index in [4.69, 9.17) is 5.73 Å². The Kier molecular flexibility index (Phi) is 2.60. The lowest BCUT2D eigenvalue weighted by Crippen LogP contribution is -2.32. The van der Waals surface area contributed by atoms with Crippen molar-refractivity contribution in [3.8, 4) is 0 Å². The molecule has 0 bridgehead atoms. The monoisotopic (exact) mass is 216 g/mol. The van der Waals surface area contributed by atoms with Crippen molar-refractivity contribution < 1.29 is 0 Å². The first-order chi connectivity index (χ1) is 7.84. The average molecular weight is 216 g/mol. The van der Waals surface area contributed by atoms with Crippen LogP contribution in [0.15, 0.2) is 24.3 Å². The Labute approximate surface area is 97.2 Å². The lowest BCUT2D eigenvalue weighted by atomic mass is 10.1. The second-order valence-electron chi connectivity index (χ2n) is 5.28. The van der Waals surface area contributed by atoms with Crippen molar-refractivity contribution >= 4 is 5.69 Å². The molecule has 0 unspecified atom stereocenters. The molecule has 0 aliphatic heterocycles. The third-order valence-corrected chi connectivity index (χ3v) is 3.84. The van der Waals surface area contributed by atoms with E-state index >= 15 is 0 Å². The van der Waals surface area contributed by atoms with E-state index in [1.54, 1.807) is 0 Å². The van der Waals surface area contributed by atoms with E-state index in [0.717, 1.165) is 30.1 Å². The number of nitrogens with one attached hydrogen (secondary N) is 1. The molecule has 2 aliphatic carbocycles. The van der Waals surface area contributed by atoms with E-state index in [1.165, 1.54) is 31.2 Å². The first kappa shape index (κ1) is 10.2. The number of hydrogen-bond donors (Lipinski definition) is 2. The number of nitrogens with two attached hydrogens (primary N) is 1. The van der Waals surface area contributed by atoms with Gasteiger partial charge in [0.2, 0.25) is 0 Å². The van der Waals surface area contributed by atoms with Gasteiger partial charge in [-0.15, -0.1) is 0 Å². The minimum Gasteiger partial charge on any atom is -0.398 e. The van der Waals surface area contributed by atoms with Gasteiger partial charge in [0.05, 0.1) is 0 Å². The molecule has 0 amide bonds. The highest BCUT2D eigenvalue weighted by molar-refractivity contribution is 5.46. The Hall–Kier alpha value is -1.02. The van der Waals surface area contributed by atoms with E-state index in [2.05, 4.69) is 17.4 Å². The highest BCUT2D eigenvalue weighted by Crippen LogP contribution is 2.44. The van der Waals surface area contributed by atoms with Crippen LogP contribution in [0.2, 0.25) is 0 Å². The summed E-state index contributed by atoms with van der Waals surface area (Å²) in [6.07, 6.45) is 5.72. The minimum atomic E-state index is 0.764. The van der Waals surface area contributed by atoms with E-state index in [0.29, 0.717) is 0 Å². The third kappa shape index (κ3) is 2.22. The van der Waals surface area contributed by atoms with Gasteiger partial charge in [-0.3, -0.25) is 0 Å². The quantitative estimate of drug-likeness (QED) is 0.742. The van der Waals surface area contributed by atoms with Crippen molar-refractivity contribution in [3.05, 3.63) is 29.8 Å². The third-order valence-electron chi connectivity index (χ3n) is 3.84. The Morgan fingerprint density at radius 3 is 2.31 bits per heavy atom. The van der Waals surface area contributed by atoms with Gasteiger partial charge >= 0.3 is 0 Å². The molecular weight excluding hydrogens is 196 g/mol. The predicted molar refractivity (Wildman–Crippen MR) is 66.9 cm³/mol. The average Bonchev–Trinajstić information content (AvgIpc) is 3.15. The normalized spacial score (nSPS) is 20.3. The van der Waals surface area contributed by atoms with Gasteiger partial charge in [0.1, 0.15) is 0 Å². The highest BCUT2D eigenvalue weighted by atomic mass is 14.9. The molecule has 16 heavy (non-hydrogen) atoms. The van der Waals surface area contributed by atoms with Crippen molar-refractivity contribution in [2.45, 2.75) is 38.3 Å². The molecule has 0 spiro atoms. The first-order valence-electron chi connectivity index (χ1n) is 6.41. The topological polar surface area (TPSA) is 38.0 Å². The predicted octanol–water partition coefficient (Wildman–Crippen LogP) is 2.55. The lowest BCUT2D eigenvalue weighted by Gasteiger charge is -2.18. The van der Waals surface area contributed by atoms with Crippen LogP contribution < -0.4 is 11.1 Å². The summed E-state index contributed by atoms with van der Waals surface area (Å²) >= 11 is 0. The van der Waals surface area contributed by atoms with E-state index in [1.807, 2.05) is 12.1 Å². The van der Waals surface area contributed by atoms with Crippen molar-refractivity contribution in [1.82, 2.24) is 5.32 Å². The zero-order chi connectivity index (χ0) is 11.0. The van der Waals surface area contributed by atoms with Gasteiger partial charge in [0.25, 0.3) is 0 Å². The van der Waals surface area contributed by atoms with Gasteiger partial charge in [0, 0.05) is 18.3 Å². The van der Waals surface area contributed by atoms with Crippen LogP contribution in [0.4, 0.5) is 5.69 Å². The maximum absolute atomic E-state index is 5.95. The van der Waals surface area contributed by atoms with Crippen LogP contribution in [0.1, 0.15) is 31.2 Å². The fourth-order valence-corrected chi connectivity index (χ4v) is 2.55. The highest BCUT2D eigenvalue weighted by Gasteiger charge is 2.40. The number of hydrogen-bond acceptors (Lipinski definition) is 2. The fourth-order valence-electron chi connectivity index (χ4n) is 2.55. The summed E-state index contributed by atoms with van der Waals surface area (Å²) in [4.78, 5) is 0. The van der Waals surface area contributed by atoms with E-state index < -0.39 is 0 Å². The van der Waals surface area contributed by atoms with Crippen LogP contribution in [0, 0.1) is 11.8 Å². The zero-order valence-corrected chi connectivity index (χ0v) is 9.65. The van der Waals surface area contributed by atoms with Crippen molar-refractivity contribution in [2.75, 3.05) is 5.73 Å². The van der Waals surface area contributed by atoms with Gasteiger partial charge in [0.15, 0.2) is 0 Å². The fraction of sp³-hybridized carbons (Fsp3) is 0.571. The molecule has 0 aromatic heterocycles. The Morgan fingerprint density at radius 1 is 1.12 bits per heavy atom. The summed E-state index contributed by atoms with van der Waals surface area (Å²) in [5.41, 5.74) is 8.11. The Bertz CT molecular complexity index is 355. The number of rotatable bonds is 5. The van der Waals surface area contributed by atoms with Gasteiger partial charge in [-0.1, -0.05) is 18.2 Å². The molecule has 0 saturated heterocycles. The van der Waals surface area contributed by atoms with E-state index in [9.17, 15) is 0 Å². The summed E-state index contributed by atoms with van der Waals surface area (Å²) in [6.45, 7) is 0.935. The Balaban J connectivity index is 1.60. The van der Waals surface area contributed by atoms with Crippen molar-refractivity contribution in [3.63, 3.8) is 0 Å². The van der Waals surface area contributed by atoms with E-state index in [-0.39, 0.29) is 0 Å². The summed E-state index contributed by atoms with van der Waals surface area (Å²) < 4.78 is 0. The van der Waals surface area contributed by atoms with Crippen molar-refractivity contribution in [1.29, 1.82) is 0 Å². The summed E-state index contributed by atoms with van der Waals surface area (Å²) in [6, 6.07) is 8.94. The maximum atomic E-state index is 5.95. The Morgan fingerprint density at radius 2 is 1.75 bits per heavy atom. The number of anilines is 1. The van der Waals surface area contributed by atoms with Crippen LogP contribution >= 0.6 is 0 Å². The molecule has 1 aromatic rings. The van der Waals surface area contributed by atoms with Crippen LogP contribution in [-0.4, -0.2) is 6.04 Å². The minimum absolute atomic E-state index is 0.764. The number of nitrogen functional groups attached to an aromatic ring is 1. The smallest absolute Gasteiger partial charge is 0.0359 e. The zero-order valence-electron chi connectivity index (χ0n) is 9.65.